The van der Waals surface area contributed by atoms with E-state index in [4.69, 9.17) is 28.9 Å². The number of rotatable bonds is 5. The fraction of sp³-hybridized carbons (Fsp3) is 0.250. The molecule has 0 saturated heterocycles. The minimum atomic E-state index is 0.0706. The number of halogens is 3. The molecule has 2 aromatic carbocycles. The van der Waals surface area contributed by atoms with Crippen LogP contribution in [0.1, 0.15) is 17.2 Å². The Kier molecular flexibility index (Phi) is 6.08. The molecule has 0 fully saturated rings. The van der Waals surface area contributed by atoms with Crippen molar-refractivity contribution >= 4 is 39.1 Å². The third-order valence-corrected chi connectivity index (χ3v) is 4.49. The van der Waals surface area contributed by atoms with Crippen LogP contribution >= 0.6 is 39.1 Å². The first kappa shape index (κ1) is 16.8. The van der Waals surface area contributed by atoms with Gasteiger partial charge in [0.05, 0.1) is 0 Å². The summed E-state index contributed by atoms with van der Waals surface area (Å²) in [4.78, 5) is 2.19. The minimum absolute atomic E-state index is 0.0706. The van der Waals surface area contributed by atoms with Gasteiger partial charge in [0, 0.05) is 33.6 Å². The average Bonchev–Trinajstić information content (AvgIpc) is 2.44. The van der Waals surface area contributed by atoms with Crippen molar-refractivity contribution < 1.29 is 0 Å². The molecule has 0 saturated carbocycles. The van der Waals surface area contributed by atoms with Crippen molar-refractivity contribution in [2.24, 2.45) is 5.73 Å². The molecule has 5 heteroatoms. The zero-order valence-electron chi connectivity index (χ0n) is 11.7. The molecule has 2 N–H and O–H groups in total. The molecule has 0 aliphatic heterocycles. The molecule has 0 radical (unpaired) electrons. The number of benzene rings is 2. The molecule has 21 heavy (non-hydrogen) atoms. The molecule has 2 aromatic rings. The topological polar surface area (TPSA) is 29.3 Å². The van der Waals surface area contributed by atoms with Crippen LogP contribution < -0.4 is 5.73 Å². The number of likely N-dealkylation sites (N-methyl/N-ethyl adjacent to an activating group) is 1. The Hall–Kier alpha value is -0.580. The van der Waals surface area contributed by atoms with E-state index in [2.05, 4.69) is 20.8 Å². The van der Waals surface area contributed by atoms with Crippen LogP contribution in [0.3, 0.4) is 0 Å². The van der Waals surface area contributed by atoms with Gasteiger partial charge in [0.15, 0.2) is 0 Å². The van der Waals surface area contributed by atoms with Gasteiger partial charge in [-0.25, -0.2) is 0 Å². The van der Waals surface area contributed by atoms with Crippen molar-refractivity contribution in [3.05, 3.63) is 68.1 Å². The quantitative estimate of drug-likeness (QED) is 0.791. The van der Waals surface area contributed by atoms with E-state index < -0.39 is 0 Å². The second-order valence-electron chi connectivity index (χ2n) is 4.96. The van der Waals surface area contributed by atoms with Crippen molar-refractivity contribution in [3.63, 3.8) is 0 Å². The van der Waals surface area contributed by atoms with E-state index >= 15 is 0 Å². The van der Waals surface area contributed by atoms with Gasteiger partial charge in [-0.15, -0.1) is 0 Å². The summed E-state index contributed by atoms with van der Waals surface area (Å²) < 4.78 is 0.965. The third kappa shape index (κ3) is 4.44. The Bertz CT molecular complexity index is 602. The molecule has 112 valence electrons. The van der Waals surface area contributed by atoms with E-state index in [-0.39, 0.29) is 6.04 Å². The van der Waals surface area contributed by atoms with Gasteiger partial charge in [0.25, 0.3) is 0 Å². The summed E-state index contributed by atoms with van der Waals surface area (Å²) >= 11 is 15.7. The second kappa shape index (κ2) is 7.61. The van der Waals surface area contributed by atoms with Gasteiger partial charge in [-0.2, -0.15) is 0 Å². The molecule has 0 spiro atoms. The summed E-state index contributed by atoms with van der Waals surface area (Å²) in [6.07, 6.45) is 0. The smallest absolute Gasteiger partial charge is 0.0485 e. The highest BCUT2D eigenvalue weighted by molar-refractivity contribution is 9.10. The van der Waals surface area contributed by atoms with Gasteiger partial charge < -0.3 is 5.73 Å². The lowest BCUT2D eigenvalue weighted by atomic mass is 10.0. The molecular formula is C16H17BrCl2N2. The summed E-state index contributed by atoms with van der Waals surface area (Å²) in [5.74, 6) is 0. The van der Waals surface area contributed by atoms with Gasteiger partial charge in [-0.05, 0) is 42.4 Å². The molecule has 2 rings (SSSR count). The van der Waals surface area contributed by atoms with Crippen molar-refractivity contribution in [3.8, 4) is 0 Å². The Morgan fingerprint density at radius 3 is 2.38 bits per heavy atom. The van der Waals surface area contributed by atoms with Crippen molar-refractivity contribution in [1.29, 1.82) is 0 Å². The van der Waals surface area contributed by atoms with Crippen LogP contribution in [0.15, 0.2) is 46.9 Å². The maximum atomic E-state index is 6.34. The normalized spacial score (nSPS) is 12.7. The Morgan fingerprint density at radius 2 is 1.81 bits per heavy atom. The van der Waals surface area contributed by atoms with Crippen LogP contribution in [0.2, 0.25) is 10.0 Å². The van der Waals surface area contributed by atoms with Crippen LogP contribution in [-0.2, 0) is 6.54 Å². The first-order valence-corrected chi connectivity index (χ1v) is 8.16. The van der Waals surface area contributed by atoms with Crippen LogP contribution in [0.25, 0.3) is 0 Å². The lowest BCUT2D eigenvalue weighted by molar-refractivity contribution is 0.242. The molecule has 0 aliphatic carbocycles. The van der Waals surface area contributed by atoms with Crippen molar-refractivity contribution in [2.45, 2.75) is 12.6 Å². The van der Waals surface area contributed by atoms with Crippen LogP contribution in [0, 0.1) is 0 Å². The SMILES string of the molecule is CN(Cc1ccc(Cl)cc1)C(CN)c1ccc(Br)cc1Cl. The monoisotopic (exact) mass is 386 g/mol. The zero-order chi connectivity index (χ0) is 15.4. The fourth-order valence-corrected chi connectivity index (χ4v) is 3.23. The van der Waals surface area contributed by atoms with Gasteiger partial charge in [-0.3, -0.25) is 4.90 Å². The summed E-state index contributed by atoms with van der Waals surface area (Å²) in [6, 6.07) is 13.8. The lowest BCUT2D eigenvalue weighted by Crippen LogP contribution is -2.30. The number of nitrogens with two attached hydrogens (primary N) is 1. The van der Waals surface area contributed by atoms with E-state index in [1.165, 1.54) is 5.56 Å². The van der Waals surface area contributed by atoms with Gasteiger partial charge in [0.2, 0.25) is 0 Å². The predicted molar refractivity (Wildman–Crippen MR) is 93.9 cm³/mol. The number of nitrogens with zero attached hydrogens (tertiary/aromatic N) is 1. The molecular weight excluding hydrogens is 371 g/mol. The highest BCUT2D eigenvalue weighted by Crippen LogP contribution is 2.29. The van der Waals surface area contributed by atoms with Gasteiger partial charge in [0.1, 0.15) is 0 Å². The van der Waals surface area contributed by atoms with Crippen molar-refractivity contribution in [2.75, 3.05) is 13.6 Å². The highest BCUT2D eigenvalue weighted by atomic mass is 79.9. The zero-order valence-corrected chi connectivity index (χ0v) is 14.8. The highest BCUT2D eigenvalue weighted by Gasteiger charge is 2.18. The summed E-state index contributed by atoms with van der Waals surface area (Å²) in [5, 5.41) is 1.47. The Balaban J connectivity index is 2.18. The largest absolute Gasteiger partial charge is 0.329 e. The minimum Gasteiger partial charge on any atom is -0.329 e. The van der Waals surface area contributed by atoms with E-state index in [0.29, 0.717) is 6.54 Å². The molecule has 0 aromatic heterocycles. The Labute approximate surface area is 144 Å². The van der Waals surface area contributed by atoms with Crippen LogP contribution in [0.4, 0.5) is 0 Å². The van der Waals surface area contributed by atoms with E-state index in [1.54, 1.807) is 0 Å². The number of hydrogen-bond donors (Lipinski definition) is 1. The maximum absolute atomic E-state index is 6.34. The molecule has 0 amide bonds. The first-order valence-electron chi connectivity index (χ1n) is 6.61. The third-order valence-electron chi connectivity index (χ3n) is 3.42. The fourth-order valence-electron chi connectivity index (χ4n) is 2.30. The van der Waals surface area contributed by atoms with Gasteiger partial charge >= 0.3 is 0 Å². The summed E-state index contributed by atoms with van der Waals surface area (Å²) in [6.45, 7) is 1.29. The van der Waals surface area contributed by atoms with Gasteiger partial charge in [-0.1, -0.05) is 57.3 Å². The molecule has 0 bridgehead atoms. The maximum Gasteiger partial charge on any atom is 0.0485 e. The van der Waals surface area contributed by atoms with E-state index in [9.17, 15) is 0 Å². The second-order valence-corrected chi connectivity index (χ2v) is 6.72. The van der Waals surface area contributed by atoms with Crippen LogP contribution in [-0.4, -0.2) is 18.5 Å². The van der Waals surface area contributed by atoms with Crippen molar-refractivity contribution in [1.82, 2.24) is 4.90 Å². The predicted octanol–water partition coefficient (Wildman–Crippen LogP) is 4.89. The molecule has 0 aliphatic rings. The number of hydrogen-bond acceptors (Lipinski definition) is 2. The molecule has 1 unspecified atom stereocenters. The molecule has 0 heterocycles. The molecule has 1 atom stereocenters. The van der Waals surface area contributed by atoms with E-state index in [0.717, 1.165) is 26.6 Å². The summed E-state index contributed by atoms with van der Waals surface area (Å²) in [5.41, 5.74) is 8.19. The molecule has 2 nitrogen and oxygen atoms in total. The summed E-state index contributed by atoms with van der Waals surface area (Å²) in [7, 11) is 2.05. The average molecular weight is 388 g/mol. The standard InChI is InChI=1S/C16H17BrCl2N2/c1-21(10-11-2-5-13(18)6-3-11)16(9-20)14-7-4-12(17)8-15(14)19/h2-8,16H,9-10,20H2,1H3. The first-order chi connectivity index (χ1) is 10.0. The van der Waals surface area contributed by atoms with Crippen LogP contribution in [0.5, 0.6) is 0 Å². The Morgan fingerprint density at radius 1 is 1.14 bits per heavy atom. The lowest BCUT2D eigenvalue weighted by Gasteiger charge is -2.28. The van der Waals surface area contributed by atoms with E-state index in [1.807, 2.05) is 49.5 Å².